The fourth-order valence-corrected chi connectivity index (χ4v) is 4.01. The van der Waals surface area contributed by atoms with Gasteiger partial charge in [-0.05, 0) is 43.0 Å². The lowest BCUT2D eigenvalue weighted by atomic mass is 10.2. The predicted octanol–water partition coefficient (Wildman–Crippen LogP) is 2.00. The Morgan fingerprint density at radius 1 is 1.14 bits per heavy atom. The Morgan fingerprint density at radius 3 is 2.63 bits per heavy atom. The zero-order valence-corrected chi connectivity index (χ0v) is 19.9. The topological polar surface area (TPSA) is 107 Å². The monoisotopic (exact) mass is 477 g/mol. The molecule has 1 aliphatic carbocycles. The molecule has 10 heteroatoms. The molecule has 0 radical (unpaired) electrons. The first-order valence-electron chi connectivity index (χ1n) is 11.6. The molecule has 1 aromatic carbocycles. The fourth-order valence-electron chi connectivity index (χ4n) is 4.01. The average molecular weight is 478 g/mol. The van der Waals surface area contributed by atoms with Crippen molar-refractivity contribution < 1.29 is 19.1 Å². The normalized spacial score (nSPS) is 17.6. The lowest BCUT2D eigenvalue weighted by molar-refractivity contribution is -0.122. The quantitative estimate of drug-likeness (QED) is 0.512. The van der Waals surface area contributed by atoms with Gasteiger partial charge in [0.25, 0.3) is 17.4 Å². The molecule has 1 saturated carbocycles. The molecule has 3 aromatic rings. The van der Waals surface area contributed by atoms with E-state index in [0.29, 0.717) is 53.7 Å². The second-order valence-electron chi connectivity index (χ2n) is 9.17. The molecule has 182 valence electrons. The number of fused-ring (bicyclic) bond motifs is 1. The Morgan fingerprint density at radius 2 is 1.94 bits per heavy atom. The molecule has 2 fully saturated rings. The van der Waals surface area contributed by atoms with Crippen LogP contribution in [0.4, 0.5) is 5.69 Å². The first-order valence-corrected chi connectivity index (χ1v) is 11.6. The van der Waals surface area contributed by atoms with Crippen LogP contribution in [0.5, 0.6) is 11.6 Å². The van der Waals surface area contributed by atoms with E-state index in [1.807, 2.05) is 0 Å². The molecule has 0 bridgehead atoms. The number of amides is 2. The molecule has 0 spiro atoms. The van der Waals surface area contributed by atoms with Gasteiger partial charge in [0, 0.05) is 45.9 Å². The summed E-state index contributed by atoms with van der Waals surface area (Å²) in [6.45, 7) is 1.14. The first-order chi connectivity index (χ1) is 16.8. The maximum absolute atomic E-state index is 13.1. The van der Waals surface area contributed by atoms with Crippen molar-refractivity contribution in [3.05, 3.63) is 52.7 Å². The predicted molar refractivity (Wildman–Crippen MR) is 129 cm³/mol. The minimum atomic E-state index is -0.647. The lowest BCUT2D eigenvalue weighted by Gasteiger charge is -2.18. The van der Waals surface area contributed by atoms with E-state index in [1.54, 1.807) is 55.5 Å². The van der Waals surface area contributed by atoms with Crippen LogP contribution < -0.4 is 19.9 Å². The van der Waals surface area contributed by atoms with Crippen LogP contribution in [0.15, 0.2) is 41.3 Å². The first kappa shape index (κ1) is 22.8. The Bertz CT molecular complexity index is 1350. The van der Waals surface area contributed by atoms with Crippen molar-refractivity contribution in [2.75, 3.05) is 32.1 Å². The SMILES string of the molecule is CN(C)C(=O)c1nc2ccc(N3CC[C@@H](Oc4ccc(OCC5CC5)nc4)C3=O)cc2c(=O)n1C. The number of carbonyl (C=O) groups excluding carboxylic acids is 2. The van der Waals surface area contributed by atoms with Gasteiger partial charge in [0.15, 0.2) is 6.10 Å². The van der Waals surface area contributed by atoms with Gasteiger partial charge < -0.3 is 19.3 Å². The van der Waals surface area contributed by atoms with Gasteiger partial charge in [0.1, 0.15) is 5.75 Å². The molecule has 35 heavy (non-hydrogen) atoms. The maximum Gasteiger partial charge on any atom is 0.289 e. The van der Waals surface area contributed by atoms with Crippen LogP contribution in [0.1, 0.15) is 29.9 Å². The van der Waals surface area contributed by atoms with Crippen LogP contribution in [-0.2, 0) is 11.8 Å². The van der Waals surface area contributed by atoms with Crippen molar-refractivity contribution in [1.82, 2.24) is 19.4 Å². The van der Waals surface area contributed by atoms with Crippen molar-refractivity contribution in [3.8, 4) is 11.6 Å². The molecular formula is C25H27N5O5. The Hall–Kier alpha value is -3.95. The van der Waals surface area contributed by atoms with Gasteiger partial charge in [-0.1, -0.05) is 0 Å². The van der Waals surface area contributed by atoms with Gasteiger partial charge >= 0.3 is 0 Å². The van der Waals surface area contributed by atoms with Crippen LogP contribution in [0.3, 0.4) is 0 Å². The van der Waals surface area contributed by atoms with Gasteiger partial charge in [-0.2, -0.15) is 0 Å². The van der Waals surface area contributed by atoms with E-state index in [0.717, 1.165) is 0 Å². The van der Waals surface area contributed by atoms with Gasteiger partial charge in [0.2, 0.25) is 11.7 Å². The van der Waals surface area contributed by atoms with Crippen LogP contribution in [0.25, 0.3) is 10.9 Å². The van der Waals surface area contributed by atoms with Crippen LogP contribution in [-0.4, -0.2) is 64.6 Å². The fraction of sp³-hybridized carbons (Fsp3) is 0.400. The minimum Gasteiger partial charge on any atom is -0.479 e. The molecule has 2 amide bonds. The third-order valence-corrected chi connectivity index (χ3v) is 6.28. The van der Waals surface area contributed by atoms with Gasteiger partial charge in [0.05, 0.1) is 23.7 Å². The van der Waals surface area contributed by atoms with Crippen LogP contribution >= 0.6 is 0 Å². The highest BCUT2D eigenvalue weighted by molar-refractivity contribution is 6.01. The average Bonchev–Trinajstić information content (AvgIpc) is 3.62. The van der Waals surface area contributed by atoms with Gasteiger partial charge in [-0.25, -0.2) is 9.97 Å². The third kappa shape index (κ3) is 4.55. The summed E-state index contributed by atoms with van der Waals surface area (Å²) in [5.41, 5.74) is 0.634. The zero-order chi connectivity index (χ0) is 24.7. The van der Waals surface area contributed by atoms with E-state index in [1.165, 1.54) is 29.4 Å². The number of anilines is 1. The summed E-state index contributed by atoms with van der Waals surface area (Å²) in [4.78, 5) is 50.0. The summed E-state index contributed by atoms with van der Waals surface area (Å²) in [6, 6.07) is 8.53. The summed E-state index contributed by atoms with van der Waals surface area (Å²) < 4.78 is 12.8. The third-order valence-electron chi connectivity index (χ3n) is 6.28. The van der Waals surface area contributed by atoms with Crippen molar-refractivity contribution in [2.24, 2.45) is 13.0 Å². The van der Waals surface area contributed by atoms with E-state index in [2.05, 4.69) is 9.97 Å². The molecular weight excluding hydrogens is 450 g/mol. The molecule has 2 aliphatic rings. The number of aromatic nitrogens is 3. The van der Waals surface area contributed by atoms with E-state index in [-0.39, 0.29) is 23.2 Å². The highest BCUT2D eigenvalue weighted by Gasteiger charge is 2.34. The summed E-state index contributed by atoms with van der Waals surface area (Å²) in [5, 5.41) is 0.337. The number of nitrogens with zero attached hydrogens (tertiary/aromatic N) is 5. The number of pyridine rings is 1. The largest absolute Gasteiger partial charge is 0.479 e. The van der Waals surface area contributed by atoms with E-state index >= 15 is 0 Å². The molecule has 1 aliphatic heterocycles. The summed E-state index contributed by atoms with van der Waals surface area (Å²) in [5.74, 6) is 1.20. The molecule has 10 nitrogen and oxygen atoms in total. The minimum absolute atomic E-state index is 0.0588. The van der Waals surface area contributed by atoms with E-state index in [9.17, 15) is 14.4 Å². The van der Waals surface area contributed by atoms with E-state index in [4.69, 9.17) is 9.47 Å². The van der Waals surface area contributed by atoms with Crippen molar-refractivity contribution >= 4 is 28.4 Å². The van der Waals surface area contributed by atoms with Crippen LogP contribution in [0, 0.1) is 5.92 Å². The highest BCUT2D eigenvalue weighted by atomic mass is 16.5. The van der Waals surface area contributed by atoms with E-state index < -0.39 is 6.10 Å². The number of carbonyl (C=O) groups is 2. The lowest BCUT2D eigenvalue weighted by Crippen LogP contribution is -2.33. The molecule has 1 saturated heterocycles. The molecule has 0 unspecified atom stereocenters. The van der Waals surface area contributed by atoms with Crippen molar-refractivity contribution in [3.63, 3.8) is 0 Å². The molecule has 5 rings (SSSR count). The van der Waals surface area contributed by atoms with Crippen LogP contribution in [0.2, 0.25) is 0 Å². The smallest absolute Gasteiger partial charge is 0.289 e. The molecule has 3 heterocycles. The number of ether oxygens (including phenoxy) is 2. The Kier molecular flexibility index (Phi) is 5.88. The summed E-state index contributed by atoms with van der Waals surface area (Å²) >= 11 is 0. The standard InChI is InChI=1S/C25H27N5O5/c1-28(2)25(33)22-27-19-8-6-16(12-18(19)23(31)29(22)3)30-11-10-20(24(30)32)35-17-7-9-21(26-13-17)34-14-15-4-5-15/h6-9,12-13,15,20H,4-5,10-11,14H2,1-3H3/t20-/m1/s1. The number of hydrogen-bond donors (Lipinski definition) is 0. The van der Waals surface area contributed by atoms with Crippen molar-refractivity contribution in [2.45, 2.75) is 25.4 Å². The number of hydrogen-bond acceptors (Lipinski definition) is 7. The highest BCUT2D eigenvalue weighted by Crippen LogP contribution is 2.30. The number of rotatable bonds is 7. The second-order valence-corrected chi connectivity index (χ2v) is 9.17. The van der Waals surface area contributed by atoms with Crippen molar-refractivity contribution in [1.29, 1.82) is 0 Å². The molecule has 0 N–H and O–H groups in total. The molecule has 2 aromatic heterocycles. The zero-order valence-electron chi connectivity index (χ0n) is 19.9. The Balaban J connectivity index is 1.31. The molecule has 1 atom stereocenters. The van der Waals surface area contributed by atoms with Gasteiger partial charge in [-0.15, -0.1) is 0 Å². The van der Waals surface area contributed by atoms with Gasteiger partial charge in [-0.3, -0.25) is 19.0 Å². The summed E-state index contributed by atoms with van der Waals surface area (Å²) in [7, 11) is 4.72. The maximum atomic E-state index is 13.1. The summed E-state index contributed by atoms with van der Waals surface area (Å²) in [6.07, 6.45) is 3.84. The number of benzene rings is 1. The second kappa shape index (κ2) is 9.01. The Labute approximate surface area is 202 Å².